The van der Waals surface area contributed by atoms with Crippen LogP contribution >= 0.6 is 0 Å². The van der Waals surface area contributed by atoms with Crippen LogP contribution in [0.4, 0.5) is 0 Å². The van der Waals surface area contributed by atoms with E-state index in [9.17, 15) is 0 Å². The van der Waals surface area contributed by atoms with Gasteiger partial charge in [0.25, 0.3) is 5.89 Å². The van der Waals surface area contributed by atoms with Gasteiger partial charge < -0.3 is 9.51 Å². The van der Waals surface area contributed by atoms with Gasteiger partial charge >= 0.3 is 0 Å². The Hall–Kier alpha value is -2.95. The monoisotopic (exact) mass is 276 g/mol. The maximum absolute atomic E-state index is 5.35. The zero-order valence-electron chi connectivity index (χ0n) is 11.2. The number of fused-ring (bicyclic) bond motifs is 1. The van der Waals surface area contributed by atoms with Gasteiger partial charge in [-0.1, -0.05) is 17.3 Å². The second-order valence-electron chi connectivity index (χ2n) is 4.83. The largest absolute Gasteiger partial charge is 0.361 e. The van der Waals surface area contributed by atoms with Gasteiger partial charge in [-0.2, -0.15) is 4.98 Å². The van der Waals surface area contributed by atoms with Gasteiger partial charge in [-0.3, -0.25) is 4.98 Å². The van der Waals surface area contributed by atoms with E-state index >= 15 is 0 Å². The molecule has 0 unspecified atom stereocenters. The molecule has 4 rings (SSSR count). The summed E-state index contributed by atoms with van der Waals surface area (Å²) in [5.74, 6) is 1.19. The third kappa shape index (κ3) is 2.29. The summed E-state index contributed by atoms with van der Waals surface area (Å²) in [4.78, 5) is 11.7. The molecule has 1 aromatic carbocycles. The fourth-order valence-electron chi connectivity index (χ4n) is 2.31. The lowest BCUT2D eigenvalue weighted by molar-refractivity contribution is 0.424. The molecule has 0 spiro atoms. The van der Waals surface area contributed by atoms with Crippen molar-refractivity contribution in [2.45, 2.75) is 6.42 Å². The third-order valence-corrected chi connectivity index (χ3v) is 3.36. The van der Waals surface area contributed by atoms with E-state index in [0.29, 0.717) is 18.1 Å². The Kier molecular flexibility index (Phi) is 2.74. The van der Waals surface area contributed by atoms with Gasteiger partial charge in [-0.15, -0.1) is 0 Å². The SMILES string of the molecule is c1cncc(Cc2noc(-c3ccc4cc[nH]c4c3)n2)c1. The van der Waals surface area contributed by atoms with Crippen molar-refractivity contribution in [1.29, 1.82) is 0 Å². The van der Waals surface area contributed by atoms with Crippen LogP contribution in [0, 0.1) is 0 Å². The average molecular weight is 276 g/mol. The Bertz CT molecular complexity index is 879. The molecule has 5 heteroatoms. The summed E-state index contributed by atoms with van der Waals surface area (Å²) < 4.78 is 5.35. The number of pyridine rings is 1. The predicted molar refractivity (Wildman–Crippen MR) is 78.6 cm³/mol. The smallest absolute Gasteiger partial charge is 0.258 e. The minimum absolute atomic E-state index is 0.533. The first-order chi connectivity index (χ1) is 10.4. The number of aromatic amines is 1. The first-order valence-corrected chi connectivity index (χ1v) is 6.67. The molecule has 0 radical (unpaired) electrons. The van der Waals surface area contributed by atoms with Crippen LogP contribution in [0.3, 0.4) is 0 Å². The Balaban J connectivity index is 1.64. The molecule has 0 atom stereocenters. The second kappa shape index (κ2) is 4.86. The van der Waals surface area contributed by atoms with Crippen molar-refractivity contribution in [3.63, 3.8) is 0 Å². The van der Waals surface area contributed by atoms with Crippen LogP contribution in [0.15, 0.2) is 59.5 Å². The number of aromatic nitrogens is 4. The molecule has 0 saturated heterocycles. The molecule has 0 saturated carbocycles. The molecule has 0 amide bonds. The van der Waals surface area contributed by atoms with Gasteiger partial charge in [-0.05, 0) is 35.2 Å². The lowest BCUT2D eigenvalue weighted by Crippen LogP contribution is -1.91. The van der Waals surface area contributed by atoms with Crippen molar-refractivity contribution in [3.05, 3.63) is 66.4 Å². The van der Waals surface area contributed by atoms with E-state index in [2.05, 4.69) is 20.1 Å². The van der Waals surface area contributed by atoms with E-state index in [0.717, 1.165) is 22.0 Å². The van der Waals surface area contributed by atoms with Crippen molar-refractivity contribution in [1.82, 2.24) is 20.1 Å². The molecule has 102 valence electrons. The first-order valence-electron chi connectivity index (χ1n) is 6.67. The molecule has 3 heterocycles. The van der Waals surface area contributed by atoms with E-state index in [4.69, 9.17) is 4.52 Å². The highest BCUT2D eigenvalue weighted by molar-refractivity contribution is 5.83. The molecule has 3 aromatic heterocycles. The number of H-pyrrole nitrogens is 1. The quantitative estimate of drug-likeness (QED) is 0.624. The van der Waals surface area contributed by atoms with Crippen LogP contribution in [0.5, 0.6) is 0 Å². The Morgan fingerprint density at radius 3 is 3.05 bits per heavy atom. The Morgan fingerprint density at radius 1 is 1.14 bits per heavy atom. The van der Waals surface area contributed by atoms with Crippen molar-refractivity contribution >= 4 is 10.9 Å². The van der Waals surface area contributed by atoms with Crippen molar-refractivity contribution in [2.24, 2.45) is 0 Å². The predicted octanol–water partition coefficient (Wildman–Crippen LogP) is 3.20. The molecular weight excluding hydrogens is 264 g/mol. The standard InChI is InChI=1S/C16H12N4O/c1-2-11(10-17-6-1)8-15-19-16(21-20-15)13-4-3-12-5-7-18-14(12)9-13/h1-7,9-10,18H,8H2. The number of nitrogens with one attached hydrogen (secondary N) is 1. The number of nitrogens with zero attached hydrogens (tertiary/aromatic N) is 3. The minimum atomic E-state index is 0.533. The number of benzene rings is 1. The van der Waals surface area contributed by atoms with Crippen molar-refractivity contribution in [2.75, 3.05) is 0 Å². The summed E-state index contributed by atoms with van der Waals surface area (Å²) in [5, 5.41) is 5.19. The van der Waals surface area contributed by atoms with Gasteiger partial charge in [0.05, 0.1) is 0 Å². The fraction of sp³-hybridized carbons (Fsp3) is 0.0625. The van der Waals surface area contributed by atoms with Crippen LogP contribution < -0.4 is 0 Å². The maximum atomic E-state index is 5.35. The van der Waals surface area contributed by atoms with Gasteiger partial charge in [0, 0.05) is 36.1 Å². The number of rotatable bonds is 3. The molecule has 21 heavy (non-hydrogen) atoms. The van der Waals surface area contributed by atoms with Crippen LogP contribution in [0.2, 0.25) is 0 Å². The van der Waals surface area contributed by atoms with Gasteiger partial charge in [0.15, 0.2) is 5.82 Å². The van der Waals surface area contributed by atoms with E-state index in [1.807, 2.05) is 42.6 Å². The van der Waals surface area contributed by atoms with Crippen LogP contribution in [0.1, 0.15) is 11.4 Å². The molecule has 1 N–H and O–H groups in total. The Labute approximate surface area is 120 Å². The summed E-state index contributed by atoms with van der Waals surface area (Å²) >= 11 is 0. The minimum Gasteiger partial charge on any atom is -0.361 e. The third-order valence-electron chi connectivity index (χ3n) is 3.36. The summed E-state index contributed by atoms with van der Waals surface area (Å²) in [6.07, 6.45) is 6.08. The van der Waals surface area contributed by atoms with Crippen molar-refractivity contribution < 1.29 is 4.52 Å². The molecule has 0 bridgehead atoms. The highest BCUT2D eigenvalue weighted by Crippen LogP contribution is 2.22. The fourth-order valence-corrected chi connectivity index (χ4v) is 2.31. The molecule has 0 aliphatic rings. The average Bonchev–Trinajstić information content (AvgIpc) is 3.16. The normalized spacial score (nSPS) is 11.0. The van der Waals surface area contributed by atoms with Crippen LogP contribution in [0.25, 0.3) is 22.4 Å². The van der Waals surface area contributed by atoms with E-state index < -0.39 is 0 Å². The molecule has 0 fully saturated rings. The number of hydrogen-bond acceptors (Lipinski definition) is 4. The molecular formula is C16H12N4O. The topological polar surface area (TPSA) is 67.6 Å². The summed E-state index contributed by atoms with van der Waals surface area (Å²) in [7, 11) is 0. The maximum Gasteiger partial charge on any atom is 0.258 e. The van der Waals surface area contributed by atoms with E-state index in [-0.39, 0.29) is 0 Å². The molecule has 0 aliphatic heterocycles. The highest BCUT2D eigenvalue weighted by atomic mass is 16.5. The van der Waals surface area contributed by atoms with Crippen molar-refractivity contribution in [3.8, 4) is 11.5 Å². The zero-order valence-corrected chi connectivity index (χ0v) is 11.2. The lowest BCUT2D eigenvalue weighted by atomic mass is 10.1. The second-order valence-corrected chi connectivity index (χ2v) is 4.83. The first kappa shape index (κ1) is 11.8. The summed E-state index contributed by atoms with van der Waals surface area (Å²) in [5.41, 5.74) is 3.03. The van der Waals surface area contributed by atoms with Gasteiger partial charge in [-0.25, -0.2) is 0 Å². The molecule has 5 nitrogen and oxygen atoms in total. The lowest BCUT2D eigenvalue weighted by Gasteiger charge is -1.95. The summed E-state index contributed by atoms with van der Waals surface area (Å²) in [6, 6.07) is 11.9. The molecule has 4 aromatic rings. The number of hydrogen-bond donors (Lipinski definition) is 1. The summed E-state index contributed by atoms with van der Waals surface area (Å²) in [6.45, 7) is 0. The van der Waals surface area contributed by atoms with E-state index in [1.165, 1.54) is 0 Å². The molecule has 0 aliphatic carbocycles. The van der Waals surface area contributed by atoms with Gasteiger partial charge in [0.2, 0.25) is 0 Å². The van der Waals surface area contributed by atoms with Crippen LogP contribution in [-0.4, -0.2) is 20.1 Å². The van der Waals surface area contributed by atoms with Crippen LogP contribution in [-0.2, 0) is 6.42 Å². The van der Waals surface area contributed by atoms with Gasteiger partial charge in [0.1, 0.15) is 0 Å². The highest BCUT2D eigenvalue weighted by Gasteiger charge is 2.10. The van der Waals surface area contributed by atoms with E-state index in [1.54, 1.807) is 12.4 Å². The zero-order chi connectivity index (χ0) is 14.1. The Morgan fingerprint density at radius 2 is 2.14 bits per heavy atom.